The van der Waals surface area contributed by atoms with E-state index in [0.717, 1.165) is 56.8 Å². The number of amides is 1. The van der Waals surface area contributed by atoms with Crippen molar-refractivity contribution in [2.24, 2.45) is 0 Å². The molecule has 2 aliphatic heterocycles. The minimum Gasteiger partial charge on any atom is -0.337 e. The van der Waals surface area contributed by atoms with Crippen LogP contribution in [0, 0.1) is 0 Å². The Labute approximate surface area is 149 Å². The fourth-order valence-electron chi connectivity index (χ4n) is 4.34. The van der Waals surface area contributed by atoms with Crippen LogP contribution >= 0.6 is 0 Å². The third-order valence-electron chi connectivity index (χ3n) is 5.82. The minimum absolute atomic E-state index is 0.0474. The molecular weight excluding hydrogens is 312 g/mol. The maximum Gasteiger partial charge on any atom is 0.239 e. The predicted molar refractivity (Wildman–Crippen MR) is 99.2 cm³/mol. The number of rotatable bonds is 5. The molecule has 0 spiro atoms. The van der Waals surface area contributed by atoms with Gasteiger partial charge in [0.15, 0.2) is 0 Å². The van der Waals surface area contributed by atoms with Crippen molar-refractivity contribution in [3.8, 4) is 0 Å². The van der Waals surface area contributed by atoms with Crippen LogP contribution in [0.2, 0.25) is 0 Å². The molecule has 5 nitrogen and oxygen atoms in total. The van der Waals surface area contributed by atoms with Crippen molar-refractivity contribution in [2.75, 3.05) is 13.1 Å². The molecule has 2 saturated heterocycles. The van der Waals surface area contributed by atoms with Crippen molar-refractivity contribution < 1.29 is 4.79 Å². The van der Waals surface area contributed by atoms with Crippen LogP contribution in [0.4, 0.5) is 0 Å². The zero-order valence-electron chi connectivity index (χ0n) is 15.3. The summed E-state index contributed by atoms with van der Waals surface area (Å²) in [6, 6.07) is 8.73. The fourth-order valence-corrected chi connectivity index (χ4v) is 4.34. The van der Waals surface area contributed by atoms with Crippen LogP contribution < -0.4 is 0 Å². The van der Waals surface area contributed by atoms with Gasteiger partial charge in [-0.3, -0.25) is 9.69 Å². The predicted octanol–water partition coefficient (Wildman–Crippen LogP) is 3.03. The van der Waals surface area contributed by atoms with Gasteiger partial charge in [0.05, 0.1) is 23.6 Å². The Morgan fingerprint density at radius 1 is 1.28 bits per heavy atom. The second-order valence-electron chi connectivity index (χ2n) is 7.46. The van der Waals surface area contributed by atoms with E-state index >= 15 is 0 Å². The lowest BCUT2D eigenvalue weighted by atomic mass is 10.1. The molecule has 0 aliphatic carbocycles. The molecule has 3 heterocycles. The molecule has 5 heteroatoms. The lowest BCUT2D eigenvalue weighted by Gasteiger charge is -2.41. The van der Waals surface area contributed by atoms with Gasteiger partial charge in [-0.05, 0) is 38.3 Å². The Hall–Kier alpha value is -1.88. The van der Waals surface area contributed by atoms with Crippen LogP contribution in [0.15, 0.2) is 24.3 Å². The third kappa shape index (κ3) is 2.95. The molecule has 0 saturated carbocycles. The summed E-state index contributed by atoms with van der Waals surface area (Å²) in [5, 5.41) is 0. The van der Waals surface area contributed by atoms with E-state index < -0.39 is 0 Å². The number of unbranched alkanes of at least 4 members (excludes halogenated alkanes) is 1. The van der Waals surface area contributed by atoms with Crippen LogP contribution in [-0.4, -0.2) is 50.4 Å². The SMILES string of the molecule is CCCCn1c(CN2C[C@@H]3CCCN3C(=O)[C@@H]2C)nc2ccccc21. The number of aromatic nitrogens is 2. The van der Waals surface area contributed by atoms with E-state index in [0.29, 0.717) is 11.9 Å². The summed E-state index contributed by atoms with van der Waals surface area (Å²) < 4.78 is 2.36. The summed E-state index contributed by atoms with van der Waals surface area (Å²) in [6.45, 7) is 7.95. The number of carbonyl (C=O) groups is 1. The van der Waals surface area contributed by atoms with Crippen molar-refractivity contribution in [3.63, 3.8) is 0 Å². The van der Waals surface area contributed by atoms with Crippen molar-refractivity contribution in [3.05, 3.63) is 30.1 Å². The summed E-state index contributed by atoms with van der Waals surface area (Å²) in [7, 11) is 0. The van der Waals surface area contributed by atoms with Crippen molar-refractivity contribution >= 4 is 16.9 Å². The van der Waals surface area contributed by atoms with Crippen molar-refractivity contribution in [2.45, 2.75) is 64.7 Å². The molecule has 2 atom stereocenters. The Morgan fingerprint density at radius 2 is 2.12 bits per heavy atom. The van der Waals surface area contributed by atoms with E-state index in [1.54, 1.807) is 0 Å². The highest BCUT2D eigenvalue weighted by Crippen LogP contribution is 2.27. The number of benzene rings is 1. The average Bonchev–Trinajstić information content (AvgIpc) is 3.22. The Morgan fingerprint density at radius 3 is 2.96 bits per heavy atom. The number of imidazole rings is 1. The topological polar surface area (TPSA) is 41.4 Å². The summed E-state index contributed by atoms with van der Waals surface area (Å²) >= 11 is 0. The smallest absolute Gasteiger partial charge is 0.239 e. The first-order chi connectivity index (χ1) is 12.2. The molecule has 1 amide bonds. The monoisotopic (exact) mass is 340 g/mol. The number of nitrogens with zero attached hydrogens (tertiary/aromatic N) is 4. The van der Waals surface area contributed by atoms with E-state index in [1.807, 2.05) is 6.07 Å². The molecule has 4 rings (SSSR count). The van der Waals surface area contributed by atoms with Crippen molar-refractivity contribution in [1.82, 2.24) is 19.4 Å². The van der Waals surface area contributed by atoms with E-state index in [2.05, 4.69) is 46.4 Å². The fraction of sp³-hybridized carbons (Fsp3) is 0.600. The molecular formula is C20H28N4O. The maximum absolute atomic E-state index is 12.7. The second-order valence-corrected chi connectivity index (χ2v) is 7.46. The highest BCUT2D eigenvalue weighted by Gasteiger charge is 2.40. The van der Waals surface area contributed by atoms with Crippen LogP contribution in [0.5, 0.6) is 0 Å². The number of para-hydroxylation sites is 2. The van der Waals surface area contributed by atoms with Gasteiger partial charge in [0.2, 0.25) is 5.91 Å². The molecule has 0 bridgehead atoms. The molecule has 0 unspecified atom stereocenters. The molecule has 134 valence electrons. The molecule has 2 fully saturated rings. The lowest BCUT2D eigenvalue weighted by molar-refractivity contribution is -0.143. The Balaban J connectivity index is 1.62. The summed E-state index contributed by atoms with van der Waals surface area (Å²) in [5.74, 6) is 1.39. The van der Waals surface area contributed by atoms with Gasteiger partial charge >= 0.3 is 0 Å². The van der Waals surface area contributed by atoms with Gasteiger partial charge < -0.3 is 9.47 Å². The maximum atomic E-state index is 12.7. The third-order valence-corrected chi connectivity index (χ3v) is 5.82. The van der Waals surface area contributed by atoms with Gasteiger partial charge in [-0.25, -0.2) is 4.98 Å². The molecule has 1 aromatic heterocycles. The number of fused-ring (bicyclic) bond motifs is 2. The molecule has 25 heavy (non-hydrogen) atoms. The van der Waals surface area contributed by atoms with E-state index in [-0.39, 0.29) is 6.04 Å². The molecule has 0 N–H and O–H groups in total. The van der Waals surface area contributed by atoms with Gasteiger partial charge in [-0.15, -0.1) is 0 Å². The zero-order chi connectivity index (χ0) is 17.4. The van der Waals surface area contributed by atoms with Gasteiger partial charge in [0, 0.05) is 25.7 Å². The largest absolute Gasteiger partial charge is 0.337 e. The number of hydrogen-bond donors (Lipinski definition) is 0. The number of hydrogen-bond acceptors (Lipinski definition) is 3. The van der Waals surface area contributed by atoms with Crippen LogP contribution in [0.3, 0.4) is 0 Å². The van der Waals surface area contributed by atoms with Gasteiger partial charge in [-0.2, -0.15) is 0 Å². The van der Waals surface area contributed by atoms with Crippen LogP contribution in [0.25, 0.3) is 11.0 Å². The first kappa shape index (κ1) is 16.6. The van der Waals surface area contributed by atoms with Gasteiger partial charge in [0.25, 0.3) is 0 Å². The second kappa shape index (κ2) is 6.79. The van der Waals surface area contributed by atoms with Gasteiger partial charge in [0.1, 0.15) is 5.82 Å². The highest BCUT2D eigenvalue weighted by atomic mass is 16.2. The zero-order valence-corrected chi connectivity index (χ0v) is 15.3. The first-order valence-electron chi connectivity index (χ1n) is 9.67. The molecule has 0 radical (unpaired) electrons. The van der Waals surface area contributed by atoms with Crippen molar-refractivity contribution in [1.29, 1.82) is 0 Å². The van der Waals surface area contributed by atoms with E-state index in [4.69, 9.17) is 4.98 Å². The average molecular weight is 340 g/mol. The standard InChI is InChI=1S/C20H28N4O/c1-3-4-11-24-18-10-6-5-9-17(18)21-19(24)14-22-13-16-8-7-12-23(16)20(25)15(22)2/h5-6,9-10,15-16H,3-4,7-8,11-14H2,1-2H3/t15-,16-/m0/s1. The normalized spacial score (nSPS) is 24.2. The summed E-state index contributed by atoms with van der Waals surface area (Å²) in [6.07, 6.45) is 4.60. The Kier molecular flexibility index (Phi) is 4.50. The number of aryl methyl sites for hydroxylation is 1. The minimum atomic E-state index is -0.0474. The Bertz CT molecular complexity index is 768. The highest BCUT2D eigenvalue weighted by molar-refractivity contribution is 5.83. The molecule has 1 aromatic carbocycles. The quantitative estimate of drug-likeness (QED) is 0.840. The van der Waals surface area contributed by atoms with Gasteiger partial charge in [-0.1, -0.05) is 25.5 Å². The summed E-state index contributed by atoms with van der Waals surface area (Å²) in [4.78, 5) is 22.0. The molecule has 2 aromatic rings. The molecule has 2 aliphatic rings. The van der Waals surface area contributed by atoms with Crippen LogP contribution in [0.1, 0.15) is 45.4 Å². The summed E-state index contributed by atoms with van der Waals surface area (Å²) in [5.41, 5.74) is 2.27. The lowest BCUT2D eigenvalue weighted by Crippen LogP contribution is -2.58. The van der Waals surface area contributed by atoms with Crippen LogP contribution in [-0.2, 0) is 17.9 Å². The van der Waals surface area contributed by atoms with E-state index in [9.17, 15) is 4.79 Å². The number of carbonyl (C=O) groups excluding carboxylic acids is 1. The van der Waals surface area contributed by atoms with E-state index in [1.165, 1.54) is 11.9 Å². The first-order valence-corrected chi connectivity index (χ1v) is 9.67. The number of piperazine rings is 1.